The maximum atomic E-state index is 12.6. The van der Waals surface area contributed by atoms with E-state index >= 15 is 0 Å². The Morgan fingerprint density at radius 3 is 2.89 bits per heavy atom. The number of fused-ring (bicyclic) bond motifs is 1. The van der Waals surface area contributed by atoms with E-state index in [0.29, 0.717) is 29.0 Å². The number of esters is 1. The molecule has 0 spiro atoms. The van der Waals surface area contributed by atoms with Crippen LogP contribution in [0.3, 0.4) is 0 Å². The molecule has 0 bridgehead atoms. The highest BCUT2D eigenvalue weighted by atomic mass is 32.2. The summed E-state index contributed by atoms with van der Waals surface area (Å²) in [7, 11) is 1.39. The predicted octanol–water partition coefficient (Wildman–Crippen LogP) is 4.03. The Bertz CT molecular complexity index is 878. The van der Waals surface area contributed by atoms with Crippen LogP contribution in [0.1, 0.15) is 45.2 Å². The van der Waals surface area contributed by atoms with Gasteiger partial charge in [0.05, 0.1) is 19.3 Å². The van der Waals surface area contributed by atoms with Gasteiger partial charge in [-0.2, -0.15) is 4.98 Å². The van der Waals surface area contributed by atoms with Crippen molar-refractivity contribution in [1.82, 2.24) is 14.8 Å². The molecule has 0 amide bonds. The molecule has 0 radical (unpaired) electrons. The standard InChI is InChI=1S/C20H26N4O3S/c1-5-7-11-28-20-22-19-21-13(3)16(18(25)26-4)17(24(19)23-20)14-9-8-10-15(12-14)27-6-2/h8-10,12,17H,5-7,11H2,1-4H3,(H,21,22,23)/t17-/m1/s1. The summed E-state index contributed by atoms with van der Waals surface area (Å²) in [4.78, 5) is 17.2. The number of carbonyl (C=O) groups is 1. The third kappa shape index (κ3) is 4.16. The van der Waals surface area contributed by atoms with Crippen LogP contribution in [0.5, 0.6) is 5.75 Å². The number of allylic oxidation sites excluding steroid dienone is 1. The molecule has 1 atom stereocenters. The van der Waals surface area contributed by atoms with E-state index in [1.165, 1.54) is 7.11 Å². The molecule has 1 aromatic heterocycles. The molecule has 0 fully saturated rings. The summed E-state index contributed by atoms with van der Waals surface area (Å²) in [5.74, 6) is 1.94. The maximum Gasteiger partial charge on any atom is 0.338 e. The second-order valence-electron chi connectivity index (χ2n) is 6.43. The van der Waals surface area contributed by atoms with Crippen molar-refractivity contribution < 1.29 is 14.3 Å². The number of methoxy groups -OCH3 is 1. The number of rotatable bonds is 8. The van der Waals surface area contributed by atoms with Gasteiger partial charge in [-0.3, -0.25) is 0 Å². The number of benzene rings is 1. The molecule has 0 unspecified atom stereocenters. The smallest absolute Gasteiger partial charge is 0.338 e. The number of nitrogens with one attached hydrogen (secondary N) is 1. The summed E-state index contributed by atoms with van der Waals surface area (Å²) in [6, 6.07) is 7.28. The van der Waals surface area contributed by atoms with Gasteiger partial charge in [0.15, 0.2) is 0 Å². The van der Waals surface area contributed by atoms with E-state index in [9.17, 15) is 4.79 Å². The van der Waals surface area contributed by atoms with Crippen LogP contribution >= 0.6 is 11.8 Å². The Balaban J connectivity index is 2.05. The van der Waals surface area contributed by atoms with Gasteiger partial charge < -0.3 is 14.8 Å². The van der Waals surface area contributed by atoms with Gasteiger partial charge in [-0.1, -0.05) is 37.2 Å². The molecular formula is C20H26N4O3S. The van der Waals surface area contributed by atoms with Crippen LogP contribution in [0.15, 0.2) is 40.7 Å². The number of hydrogen-bond acceptors (Lipinski definition) is 7. The zero-order chi connectivity index (χ0) is 20.1. The summed E-state index contributed by atoms with van der Waals surface area (Å²) in [6.45, 7) is 6.52. The van der Waals surface area contributed by atoms with Gasteiger partial charge in [0.25, 0.3) is 0 Å². The number of anilines is 1. The van der Waals surface area contributed by atoms with Crippen molar-refractivity contribution in [3.8, 4) is 5.75 Å². The lowest BCUT2D eigenvalue weighted by Crippen LogP contribution is -2.29. The van der Waals surface area contributed by atoms with Gasteiger partial charge in [-0.15, -0.1) is 5.10 Å². The first-order valence-corrected chi connectivity index (χ1v) is 10.5. The lowest BCUT2D eigenvalue weighted by molar-refractivity contribution is -0.136. The Morgan fingerprint density at radius 2 is 2.18 bits per heavy atom. The van der Waals surface area contributed by atoms with Gasteiger partial charge in [0.1, 0.15) is 11.8 Å². The number of thioether (sulfide) groups is 1. The minimum atomic E-state index is -0.433. The van der Waals surface area contributed by atoms with Crippen LogP contribution in [0.4, 0.5) is 5.95 Å². The van der Waals surface area contributed by atoms with Crippen molar-refractivity contribution >= 4 is 23.7 Å². The molecule has 3 rings (SSSR count). The van der Waals surface area contributed by atoms with Gasteiger partial charge >= 0.3 is 5.97 Å². The third-order valence-corrected chi connectivity index (χ3v) is 5.38. The zero-order valence-electron chi connectivity index (χ0n) is 16.7. The molecule has 0 saturated heterocycles. The molecule has 28 heavy (non-hydrogen) atoms. The summed E-state index contributed by atoms with van der Waals surface area (Å²) >= 11 is 1.62. The van der Waals surface area contributed by atoms with Crippen molar-refractivity contribution in [2.75, 3.05) is 24.8 Å². The molecule has 7 nitrogen and oxygen atoms in total. The van der Waals surface area contributed by atoms with Gasteiger partial charge in [0, 0.05) is 11.4 Å². The second kappa shape index (κ2) is 9.14. The van der Waals surface area contributed by atoms with Crippen LogP contribution in [0.2, 0.25) is 0 Å². The molecular weight excluding hydrogens is 376 g/mol. The van der Waals surface area contributed by atoms with Crippen LogP contribution < -0.4 is 10.1 Å². The molecule has 8 heteroatoms. The highest BCUT2D eigenvalue weighted by Gasteiger charge is 2.35. The van der Waals surface area contributed by atoms with E-state index in [1.807, 2.05) is 38.1 Å². The van der Waals surface area contributed by atoms with Crippen LogP contribution in [0, 0.1) is 0 Å². The number of hydrogen-bond donors (Lipinski definition) is 1. The van der Waals surface area contributed by atoms with Crippen molar-refractivity contribution in [1.29, 1.82) is 0 Å². The first-order valence-electron chi connectivity index (χ1n) is 9.47. The van der Waals surface area contributed by atoms with E-state index in [2.05, 4.69) is 22.3 Å². The average Bonchev–Trinajstić information content (AvgIpc) is 3.09. The Hall–Kier alpha value is -2.48. The molecule has 1 aliphatic rings. The Morgan fingerprint density at radius 1 is 1.36 bits per heavy atom. The molecule has 0 saturated carbocycles. The van der Waals surface area contributed by atoms with Crippen molar-refractivity contribution in [3.63, 3.8) is 0 Å². The number of ether oxygens (including phenoxy) is 2. The fraction of sp³-hybridized carbons (Fsp3) is 0.450. The maximum absolute atomic E-state index is 12.6. The number of nitrogens with zero attached hydrogens (tertiary/aromatic N) is 3. The largest absolute Gasteiger partial charge is 0.494 e. The Labute approximate surface area is 169 Å². The molecule has 1 N–H and O–H groups in total. The monoisotopic (exact) mass is 402 g/mol. The van der Waals surface area contributed by atoms with Crippen molar-refractivity contribution in [2.24, 2.45) is 0 Å². The lowest BCUT2D eigenvalue weighted by Gasteiger charge is -2.28. The zero-order valence-corrected chi connectivity index (χ0v) is 17.5. The fourth-order valence-electron chi connectivity index (χ4n) is 3.12. The van der Waals surface area contributed by atoms with Gasteiger partial charge in [-0.05, 0) is 38.0 Å². The molecule has 1 aromatic carbocycles. The quantitative estimate of drug-likeness (QED) is 0.406. The molecule has 2 aromatic rings. The summed E-state index contributed by atoms with van der Waals surface area (Å²) in [6.07, 6.45) is 2.23. The minimum Gasteiger partial charge on any atom is -0.494 e. The molecule has 2 heterocycles. The normalized spacial score (nSPS) is 15.8. The van der Waals surface area contributed by atoms with Crippen LogP contribution in [-0.2, 0) is 9.53 Å². The molecule has 0 aliphatic carbocycles. The van der Waals surface area contributed by atoms with Crippen molar-refractivity contribution in [2.45, 2.75) is 44.8 Å². The van der Waals surface area contributed by atoms with E-state index in [4.69, 9.17) is 9.47 Å². The first-order chi connectivity index (χ1) is 13.6. The molecule has 150 valence electrons. The highest BCUT2D eigenvalue weighted by molar-refractivity contribution is 7.99. The summed E-state index contributed by atoms with van der Waals surface area (Å²) in [5.41, 5.74) is 2.12. The van der Waals surface area contributed by atoms with Gasteiger partial charge in [0.2, 0.25) is 11.1 Å². The minimum absolute atomic E-state index is 0.391. The summed E-state index contributed by atoms with van der Waals surface area (Å²) in [5, 5.41) is 8.57. The first kappa shape index (κ1) is 20.3. The third-order valence-electron chi connectivity index (χ3n) is 4.45. The van der Waals surface area contributed by atoms with E-state index in [0.717, 1.165) is 29.9 Å². The fourth-order valence-corrected chi connectivity index (χ4v) is 4.04. The van der Waals surface area contributed by atoms with E-state index < -0.39 is 12.0 Å². The molecule has 1 aliphatic heterocycles. The topological polar surface area (TPSA) is 78.3 Å². The summed E-state index contributed by atoms with van der Waals surface area (Å²) < 4.78 is 12.5. The second-order valence-corrected chi connectivity index (χ2v) is 7.49. The van der Waals surface area contributed by atoms with Crippen molar-refractivity contribution in [3.05, 3.63) is 41.1 Å². The number of unbranched alkanes of at least 4 members (excludes halogenated alkanes) is 1. The number of carbonyl (C=O) groups excluding carboxylic acids is 1. The van der Waals surface area contributed by atoms with E-state index in [-0.39, 0.29) is 0 Å². The van der Waals surface area contributed by atoms with E-state index in [1.54, 1.807) is 16.4 Å². The number of aromatic nitrogens is 3. The highest BCUT2D eigenvalue weighted by Crippen LogP contribution is 2.37. The Kier molecular flexibility index (Phi) is 6.61. The lowest BCUT2D eigenvalue weighted by atomic mass is 9.95. The van der Waals surface area contributed by atoms with Crippen LogP contribution in [-0.4, -0.2) is 40.2 Å². The average molecular weight is 403 g/mol. The van der Waals surface area contributed by atoms with Gasteiger partial charge in [-0.25, -0.2) is 9.48 Å². The SMILES string of the molecule is CCCCSc1nc2n(n1)[C@H](c1cccc(OCC)c1)C(C(=O)OC)=C(C)N2. The predicted molar refractivity (Wildman–Crippen MR) is 110 cm³/mol. The van der Waals surface area contributed by atoms with Crippen LogP contribution in [0.25, 0.3) is 0 Å².